The summed E-state index contributed by atoms with van der Waals surface area (Å²) in [6.07, 6.45) is 0. The predicted molar refractivity (Wildman–Crippen MR) is 64.9 cm³/mol. The minimum atomic E-state index is -0.167. The third-order valence-electron chi connectivity index (χ3n) is 2.31. The molecule has 2 amide bonds. The Morgan fingerprint density at radius 3 is 2.88 bits per heavy atom. The van der Waals surface area contributed by atoms with Crippen LogP contribution in [0.5, 0.6) is 0 Å². The molecule has 1 aromatic carbocycles. The summed E-state index contributed by atoms with van der Waals surface area (Å²) in [5.74, 6) is 0.0504. The molecule has 0 saturated carbocycles. The van der Waals surface area contributed by atoms with E-state index in [1.807, 2.05) is 6.07 Å². The van der Waals surface area contributed by atoms with E-state index in [1.54, 1.807) is 32.3 Å². The number of nitrogens with zero attached hydrogens (tertiary/aromatic N) is 2. The standard InChI is InChI=1S/C11H16N4O2/c1-13-11(16)15(2)7-8-4-3-5-9(6-8)10(12)14-17/h3-6,17H,7H2,1-2H3,(H2,12,14)(H,13,16). The van der Waals surface area contributed by atoms with Gasteiger partial charge in [-0.2, -0.15) is 0 Å². The summed E-state index contributed by atoms with van der Waals surface area (Å²) in [5, 5.41) is 14.0. The Hall–Kier alpha value is -2.24. The van der Waals surface area contributed by atoms with Crippen LogP contribution >= 0.6 is 0 Å². The lowest BCUT2D eigenvalue weighted by molar-refractivity contribution is 0.209. The fourth-order valence-electron chi connectivity index (χ4n) is 1.42. The first-order valence-electron chi connectivity index (χ1n) is 5.08. The molecule has 0 aromatic heterocycles. The number of hydrogen-bond donors (Lipinski definition) is 3. The third kappa shape index (κ3) is 3.37. The van der Waals surface area contributed by atoms with E-state index in [-0.39, 0.29) is 11.9 Å². The number of oxime groups is 1. The van der Waals surface area contributed by atoms with Crippen molar-refractivity contribution in [2.45, 2.75) is 6.54 Å². The molecular formula is C11H16N4O2. The second-order valence-corrected chi connectivity index (χ2v) is 3.60. The molecule has 0 aliphatic heterocycles. The number of carbonyl (C=O) groups is 1. The molecule has 1 rings (SSSR count). The Labute approximate surface area is 99.7 Å². The summed E-state index contributed by atoms with van der Waals surface area (Å²) in [6.45, 7) is 0.451. The number of benzene rings is 1. The molecule has 6 heteroatoms. The molecule has 92 valence electrons. The highest BCUT2D eigenvalue weighted by Gasteiger charge is 2.07. The molecular weight excluding hydrogens is 220 g/mol. The van der Waals surface area contributed by atoms with Crippen LogP contribution in [0, 0.1) is 0 Å². The second kappa shape index (κ2) is 5.74. The number of nitrogens with two attached hydrogens (primary N) is 1. The summed E-state index contributed by atoms with van der Waals surface area (Å²) in [5.41, 5.74) is 7.01. The van der Waals surface area contributed by atoms with E-state index in [9.17, 15) is 4.79 Å². The van der Waals surface area contributed by atoms with Crippen LogP contribution in [-0.2, 0) is 6.54 Å². The van der Waals surface area contributed by atoms with Gasteiger partial charge in [-0.05, 0) is 11.6 Å². The minimum absolute atomic E-state index is 0.0504. The van der Waals surface area contributed by atoms with Crippen LogP contribution in [0.25, 0.3) is 0 Å². The van der Waals surface area contributed by atoms with Gasteiger partial charge in [0.2, 0.25) is 0 Å². The number of amidine groups is 1. The van der Waals surface area contributed by atoms with Crippen molar-refractivity contribution < 1.29 is 10.0 Å². The molecule has 17 heavy (non-hydrogen) atoms. The average Bonchev–Trinajstić information content (AvgIpc) is 2.37. The average molecular weight is 236 g/mol. The van der Waals surface area contributed by atoms with Crippen molar-refractivity contribution in [1.29, 1.82) is 0 Å². The van der Waals surface area contributed by atoms with Gasteiger partial charge < -0.3 is 21.2 Å². The number of carbonyl (C=O) groups excluding carboxylic acids is 1. The van der Waals surface area contributed by atoms with Crippen LogP contribution in [0.1, 0.15) is 11.1 Å². The molecule has 0 radical (unpaired) electrons. The molecule has 0 saturated heterocycles. The number of rotatable bonds is 3. The Morgan fingerprint density at radius 1 is 1.59 bits per heavy atom. The van der Waals surface area contributed by atoms with Gasteiger partial charge in [-0.1, -0.05) is 23.4 Å². The largest absolute Gasteiger partial charge is 0.409 e. The summed E-state index contributed by atoms with van der Waals surface area (Å²) in [6, 6.07) is 7.00. The van der Waals surface area contributed by atoms with Crippen LogP contribution in [0.15, 0.2) is 29.4 Å². The van der Waals surface area contributed by atoms with Crippen molar-refractivity contribution in [2.75, 3.05) is 14.1 Å². The van der Waals surface area contributed by atoms with Crippen LogP contribution in [0.2, 0.25) is 0 Å². The van der Waals surface area contributed by atoms with E-state index in [1.165, 1.54) is 4.90 Å². The summed E-state index contributed by atoms with van der Waals surface area (Å²) in [7, 11) is 3.26. The zero-order valence-electron chi connectivity index (χ0n) is 9.84. The Morgan fingerprint density at radius 2 is 2.29 bits per heavy atom. The highest BCUT2D eigenvalue weighted by atomic mass is 16.4. The van der Waals surface area contributed by atoms with Crippen molar-refractivity contribution in [3.05, 3.63) is 35.4 Å². The topological polar surface area (TPSA) is 91.0 Å². The molecule has 0 fully saturated rings. The molecule has 0 heterocycles. The number of amides is 2. The molecule has 0 unspecified atom stereocenters. The highest BCUT2D eigenvalue weighted by molar-refractivity contribution is 5.97. The normalized spacial score (nSPS) is 11.1. The molecule has 4 N–H and O–H groups in total. The zero-order valence-corrected chi connectivity index (χ0v) is 9.84. The Bertz CT molecular complexity index is 431. The lowest BCUT2D eigenvalue weighted by atomic mass is 10.1. The monoisotopic (exact) mass is 236 g/mol. The first-order valence-corrected chi connectivity index (χ1v) is 5.08. The number of hydrogen-bond acceptors (Lipinski definition) is 3. The lowest BCUT2D eigenvalue weighted by Gasteiger charge is -2.16. The third-order valence-corrected chi connectivity index (χ3v) is 2.31. The van der Waals surface area contributed by atoms with Gasteiger partial charge in [-0.25, -0.2) is 4.79 Å². The number of nitrogens with one attached hydrogen (secondary N) is 1. The summed E-state index contributed by atoms with van der Waals surface area (Å²) < 4.78 is 0. The van der Waals surface area contributed by atoms with E-state index < -0.39 is 0 Å². The van der Waals surface area contributed by atoms with E-state index in [2.05, 4.69) is 10.5 Å². The van der Waals surface area contributed by atoms with Gasteiger partial charge in [0, 0.05) is 26.2 Å². The van der Waals surface area contributed by atoms with Gasteiger partial charge in [0.25, 0.3) is 0 Å². The molecule has 0 atom stereocenters. The van der Waals surface area contributed by atoms with E-state index in [0.717, 1.165) is 5.56 Å². The molecule has 6 nitrogen and oxygen atoms in total. The van der Waals surface area contributed by atoms with Crippen LogP contribution in [-0.4, -0.2) is 36.1 Å². The maximum absolute atomic E-state index is 11.3. The van der Waals surface area contributed by atoms with Crippen molar-refractivity contribution in [2.24, 2.45) is 10.9 Å². The fourth-order valence-corrected chi connectivity index (χ4v) is 1.42. The molecule has 0 spiro atoms. The molecule has 1 aromatic rings. The van der Waals surface area contributed by atoms with E-state index in [0.29, 0.717) is 12.1 Å². The first kappa shape index (κ1) is 12.8. The van der Waals surface area contributed by atoms with Gasteiger partial charge in [0.05, 0.1) is 0 Å². The van der Waals surface area contributed by atoms with E-state index in [4.69, 9.17) is 10.9 Å². The predicted octanol–water partition coefficient (Wildman–Crippen LogP) is 0.552. The Balaban J connectivity index is 2.82. The first-order chi connectivity index (χ1) is 8.08. The van der Waals surface area contributed by atoms with Gasteiger partial charge >= 0.3 is 6.03 Å². The number of urea groups is 1. The lowest BCUT2D eigenvalue weighted by Crippen LogP contribution is -2.34. The summed E-state index contributed by atoms with van der Waals surface area (Å²) >= 11 is 0. The van der Waals surface area contributed by atoms with E-state index >= 15 is 0 Å². The Kier molecular flexibility index (Phi) is 4.33. The second-order valence-electron chi connectivity index (χ2n) is 3.60. The van der Waals surface area contributed by atoms with Crippen molar-refractivity contribution in [3.8, 4) is 0 Å². The quantitative estimate of drug-likeness (QED) is 0.310. The zero-order chi connectivity index (χ0) is 12.8. The molecule has 0 aliphatic carbocycles. The summed E-state index contributed by atoms with van der Waals surface area (Å²) in [4.78, 5) is 12.9. The van der Waals surface area contributed by atoms with Crippen molar-refractivity contribution in [1.82, 2.24) is 10.2 Å². The van der Waals surface area contributed by atoms with Crippen LogP contribution < -0.4 is 11.1 Å². The van der Waals surface area contributed by atoms with Gasteiger partial charge in [-0.15, -0.1) is 0 Å². The van der Waals surface area contributed by atoms with Crippen molar-refractivity contribution in [3.63, 3.8) is 0 Å². The molecule has 0 bridgehead atoms. The van der Waals surface area contributed by atoms with Gasteiger partial charge in [0.15, 0.2) is 5.84 Å². The van der Waals surface area contributed by atoms with Crippen LogP contribution in [0.3, 0.4) is 0 Å². The SMILES string of the molecule is CNC(=O)N(C)Cc1cccc(/C(N)=N/O)c1. The molecule has 0 aliphatic rings. The maximum Gasteiger partial charge on any atom is 0.317 e. The highest BCUT2D eigenvalue weighted by Crippen LogP contribution is 2.07. The van der Waals surface area contributed by atoms with Crippen molar-refractivity contribution >= 4 is 11.9 Å². The van der Waals surface area contributed by atoms with Gasteiger partial charge in [0.1, 0.15) is 0 Å². The fraction of sp³-hybridized carbons (Fsp3) is 0.273. The van der Waals surface area contributed by atoms with Gasteiger partial charge in [-0.3, -0.25) is 0 Å². The maximum atomic E-state index is 11.3. The van der Waals surface area contributed by atoms with Crippen LogP contribution in [0.4, 0.5) is 4.79 Å². The minimum Gasteiger partial charge on any atom is -0.409 e. The smallest absolute Gasteiger partial charge is 0.317 e.